The van der Waals surface area contributed by atoms with Crippen molar-refractivity contribution >= 4 is 17.1 Å². The normalized spacial score (nSPS) is 8.00. The Morgan fingerprint density at radius 3 is 0.778 bits per heavy atom. The molecule has 9 heteroatoms. The third kappa shape index (κ3) is 304. The van der Waals surface area contributed by atoms with Gasteiger partial charge in [0.15, 0.2) is 0 Å². The van der Waals surface area contributed by atoms with Crippen LogP contribution in [-0.4, -0.2) is 0 Å². The maximum Gasteiger partial charge on any atom is 0 e. The van der Waals surface area contributed by atoms with Crippen molar-refractivity contribution in [1.82, 2.24) is 0 Å². The van der Waals surface area contributed by atoms with Crippen molar-refractivity contribution in [2.45, 2.75) is 0 Å². The van der Waals surface area contributed by atoms with E-state index in [1.54, 1.807) is 0 Å². The van der Waals surface area contributed by atoms with Crippen molar-refractivity contribution in [2.75, 3.05) is 0 Å². The molecule has 0 aromatic carbocycles. The molecule has 0 saturated heterocycles. The number of rotatable bonds is 0. The van der Waals surface area contributed by atoms with Crippen LogP contribution in [0.5, 0.6) is 0 Å². The Morgan fingerprint density at radius 1 is 0.778 bits per heavy atom. The van der Waals surface area contributed by atoms with Gasteiger partial charge in [0.2, 0.25) is 0 Å². The third-order valence-corrected chi connectivity index (χ3v) is 0. The summed E-state index contributed by atoms with van der Waals surface area (Å²) in [6.07, 6.45) is 0. The Morgan fingerprint density at radius 2 is 0.778 bits per heavy atom. The summed E-state index contributed by atoms with van der Waals surface area (Å²) in [6.45, 7) is 0. The molecule has 0 unspecified atom stereocenters. The summed E-state index contributed by atoms with van der Waals surface area (Å²) in [5, 5.41) is 0. The molecule has 0 bridgehead atoms. The van der Waals surface area contributed by atoms with E-state index in [4.69, 9.17) is 19.6 Å². The van der Waals surface area contributed by atoms with Crippen molar-refractivity contribution in [3.8, 4) is 0 Å². The zero-order valence-corrected chi connectivity index (χ0v) is 8.20. The summed E-state index contributed by atoms with van der Waals surface area (Å²) in [7, 11) is -5.24. The first-order valence-corrected chi connectivity index (χ1v) is 3.74. The molecule has 0 aromatic heterocycles. The average molecular weight is 350 g/mol. The molecule has 0 atom stereocenters. The van der Waals surface area contributed by atoms with Crippen molar-refractivity contribution in [3.63, 3.8) is 0 Å². The number of hydrogen-bond acceptors (Lipinski definition) is 6. The van der Waals surface area contributed by atoms with Crippen LogP contribution in [0.2, 0.25) is 0 Å². The first kappa shape index (κ1) is 16.7. The van der Waals surface area contributed by atoms with Crippen molar-refractivity contribution < 1.29 is 39.7 Å². The molecule has 0 aliphatic carbocycles. The van der Waals surface area contributed by atoms with E-state index in [1.165, 1.54) is 0 Å². The predicted octanol–water partition coefficient (Wildman–Crippen LogP) is -4.22. The fourth-order valence-electron chi connectivity index (χ4n) is 0. The second-order valence-electron chi connectivity index (χ2n) is 0.571. The topological polar surface area (TPSA) is 144 Å². The van der Waals surface area contributed by atoms with Crippen LogP contribution in [0.25, 0.3) is 0 Å². The second kappa shape index (κ2) is 12.0. The van der Waals surface area contributed by atoms with Gasteiger partial charge in [-0.05, 0) is 0 Å². The molecule has 0 aliphatic heterocycles. The van der Waals surface area contributed by atoms with E-state index >= 15 is 0 Å². The van der Waals surface area contributed by atoms with Crippen molar-refractivity contribution in [1.29, 1.82) is 0 Å². The van der Waals surface area contributed by atoms with Gasteiger partial charge in [0.25, 0.3) is 0 Å². The quantitative estimate of drug-likeness (QED) is 0.424. The van der Waals surface area contributed by atoms with E-state index in [9.17, 15) is 0 Å². The molecule has 0 fully saturated rings. The van der Waals surface area contributed by atoms with Crippen molar-refractivity contribution in [3.05, 3.63) is 0 Å². The van der Waals surface area contributed by atoms with Crippen LogP contribution >= 0.6 is 17.1 Å². The van der Waals surface area contributed by atoms with E-state index in [0.717, 1.165) is 0 Å². The average Bonchev–Trinajstić information content (AvgIpc) is 1.25. The Balaban J connectivity index is -0.0000000720. The van der Waals surface area contributed by atoms with E-state index in [-0.39, 0.29) is 20.1 Å². The van der Waals surface area contributed by atoms with Gasteiger partial charge in [0, 0.05) is 20.1 Å². The minimum Gasteiger partial charge on any atom is -0.830 e. The van der Waals surface area contributed by atoms with E-state index in [1.807, 2.05) is 0 Å². The van der Waals surface area contributed by atoms with Gasteiger partial charge in [-0.15, -0.1) is 0 Å². The van der Waals surface area contributed by atoms with Crippen LogP contribution in [0.3, 0.4) is 0 Å². The van der Waals surface area contributed by atoms with Gasteiger partial charge in [-0.3, -0.25) is 0 Å². The first-order chi connectivity index (χ1) is 3.46. The summed E-state index contributed by atoms with van der Waals surface area (Å²) in [5.41, 5.74) is 8.13. The fourth-order valence-corrected chi connectivity index (χ4v) is 0. The van der Waals surface area contributed by atoms with Crippen LogP contribution in [0.4, 0.5) is 0 Å². The largest absolute Gasteiger partial charge is 0.830 e. The van der Waals surface area contributed by atoms with E-state index in [2.05, 4.69) is 11.0 Å². The van der Waals surface area contributed by atoms with Crippen LogP contribution in [0.15, 0.2) is 0 Å². The van der Waals surface area contributed by atoms with Gasteiger partial charge < -0.3 is 30.6 Å². The van der Waals surface area contributed by atoms with Gasteiger partial charge in [-0.2, -0.15) is 0 Å². The molecular formula is H4IrN2O4P2-4. The minimum absolute atomic E-state index is 0. The Hall–Kier alpha value is 1.27. The van der Waals surface area contributed by atoms with Crippen molar-refractivity contribution in [2.24, 2.45) is 11.0 Å². The summed E-state index contributed by atoms with van der Waals surface area (Å²) >= 11 is 0. The SMILES string of the molecule is NP([O-])[O-].NP([O-])[O-].[Ir]. The molecule has 61 valence electrons. The molecular weight excluding hydrogens is 346 g/mol. The zero-order valence-electron chi connectivity index (χ0n) is 4.02. The second-order valence-corrected chi connectivity index (χ2v) is 1.71. The van der Waals surface area contributed by atoms with E-state index < -0.39 is 17.1 Å². The monoisotopic (exact) mass is 351 g/mol. The number of hydrogen-bond donors (Lipinski definition) is 2. The van der Waals surface area contributed by atoms with Gasteiger partial charge >= 0.3 is 0 Å². The zero-order chi connectivity index (χ0) is 7.15. The molecule has 0 amide bonds. The summed E-state index contributed by atoms with van der Waals surface area (Å²) in [5.74, 6) is 0. The predicted molar refractivity (Wildman–Crippen MR) is 22.2 cm³/mol. The minimum atomic E-state index is -2.62. The molecule has 1 radical (unpaired) electrons. The maximum atomic E-state index is 8.81. The number of nitrogens with two attached hydrogens (primary N) is 2. The molecule has 0 heterocycles. The first-order valence-electron chi connectivity index (χ1n) is 1.25. The standard InChI is InChI=1S/Ir.2H2NO2P/c;2*1-4(2)3/h;2*1H2/q;2*-2. The van der Waals surface area contributed by atoms with Crippen LogP contribution < -0.4 is 30.6 Å². The smallest absolute Gasteiger partial charge is 0 e. The maximum absolute atomic E-state index is 8.81. The van der Waals surface area contributed by atoms with Crippen LogP contribution in [0.1, 0.15) is 0 Å². The molecule has 0 spiro atoms. The van der Waals surface area contributed by atoms with E-state index in [0.29, 0.717) is 0 Å². The van der Waals surface area contributed by atoms with Crippen LogP contribution in [-0.2, 0) is 20.1 Å². The van der Waals surface area contributed by atoms with Gasteiger partial charge in [-0.25, -0.2) is 17.1 Å². The van der Waals surface area contributed by atoms with Gasteiger partial charge in [0.05, 0.1) is 0 Å². The Labute approximate surface area is 68.2 Å². The van der Waals surface area contributed by atoms with Gasteiger partial charge in [0.1, 0.15) is 0 Å². The molecule has 0 aromatic rings. The molecule has 9 heavy (non-hydrogen) atoms. The molecule has 0 aliphatic rings. The van der Waals surface area contributed by atoms with Crippen LogP contribution in [0, 0.1) is 0 Å². The Kier molecular flexibility index (Phi) is 22.3. The summed E-state index contributed by atoms with van der Waals surface area (Å²) in [4.78, 5) is 35.3. The summed E-state index contributed by atoms with van der Waals surface area (Å²) in [6, 6.07) is 0. The molecule has 0 saturated carbocycles. The third-order valence-electron chi connectivity index (χ3n) is 0. The summed E-state index contributed by atoms with van der Waals surface area (Å²) < 4.78 is 0. The van der Waals surface area contributed by atoms with Gasteiger partial charge in [-0.1, -0.05) is 0 Å². The molecule has 6 nitrogen and oxygen atoms in total. The molecule has 4 N–H and O–H groups in total. The fraction of sp³-hybridized carbons (Fsp3) is 0. The molecule has 0 rings (SSSR count). The Bertz CT molecular complexity index is 32.0.